The lowest BCUT2D eigenvalue weighted by Crippen LogP contribution is -2.26. The lowest BCUT2D eigenvalue weighted by Gasteiger charge is -2.00. The van der Waals surface area contributed by atoms with Gasteiger partial charge < -0.3 is 24.5 Å². The number of nitrogens with one attached hydrogen (secondary N) is 1. The van der Waals surface area contributed by atoms with Crippen LogP contribution in [0.1, 0.15) is 28.4 Å². The van der Waals surface area contributed by atoms with Crippen molar-refractivity contribution in [1.82, 2.24) is 20.7 Å². The van der Waals surface area contributed by atoms with Crippen molar-refractivity contribution >= 4 is 5.91 Å². The highest BCUT2D eigenvalue weighted by molar-refractivity contribution is 5.93. The second-order valence-electron chi connectivity index (χ2n) is 5.18. The molecule has 3 N–H and O–H groups in total. The second-order valence-corrected chi connectivity index (χ2v) is 5.18. The molecule has 0 saturated carbocycles. The smallest absolute Gasteiger partial charge is 0.273 e. The summed E-state index contributed by atoms with van der Waals surface area (Å²) in [6.07, 6.45) is -0.928. The number of benzene rings is 1. The monoisotopic (exact) mass is 344 g/mol. The molecule has 9 heteroatoms. The van der Waals surface area contributed by atoms with E-state index in [4.69, 9.17) is 14.0 Å². The molecule has 0 radical (unpaired) electrons. The zero-order chi connectivity index (χ0) is 17.6. The highest BCUT2D eigenvalue weighted by atomic mass is 16.5. The Kier molecular flexibility index (Phi) is 5.17. The van der Waals surface area contributed by atoms with Crippen molar-refractivity contribution in [1.29, 1.82) is 0 Å². The Morgan fingerprint density at radius 3 is 2.80 bits per heavy atom. The van der Waals surface area contributed by atoms with Crippen molar-refractivity contribution in [3.8, 4) is 11.3 Å². The van der Waals surface area contributed by atoms with E-state index in [-0.39, 0.29) is 36.3 Å². The van der Waals surface area contributed by atoms with E-state index in [1.807, 2.05) is 30.3 Å². The molecule has 0 saturated heterocycles. The molecule has 9 nitrogen and oxygen atoms in total. The van der Waals surface area contributed by atoms with Gasteiger partial charge in [-0.3, -0.25) is 4.79 Å². The molecule has 0 aliphatic rings. The van der Waals surface area contributed by atoms with E-state index >= 15 is 0 Å². The number of hydrogen-bond donors (Lipinski definition) is 3. The fourth-order valence-corrected chi connectivity index (χ4v) is 2.07. The van der Waals surface area contributed by atoms with Crippen LogP contribution < -0.4 is 5.32 Å². The summed E-state index contributed by atoms with van der Waals surface area (Å²) in [4.78, 5) is 12.1. The van der Waals surface area contributed by atoms with Gasteiger partial charge in [-0.05, 0) is 0 Å². The van der Waals surface area contributed by atoms with Crippen LogP contribution in [0.25, 0.3) is 11.3 Å². The molecule has 25 heavy (non-hydrogen) atoms. The van der Waals surface area contributed by atoms with Crippen LogP contribution in [0.15, 0.2) is 45.3 Å². The summed E-state index contributed by atoms with van der Waals surface area (Å²) in [5, 5.41) is 31.9. The summed E-state index contributed by atoms with van der Waals surface area (Å²) in [6.45, 7) is -0.266. The minimum atomic E-state index is -1.21. The molecule has 0 aliphatic carbocycles. The van der Waals surface area contributed by atoms with E-state index in [0.717, 1.165) is 5.56 Å². The molecule has 0 bridgehead atoms. The molecule has 2 aromatic heterocycles. The van der Waals surface area contributed by atoms with Crippen molar-refractivity contribution in [2.75, 3.05) is 13.2 Å². The molecule has 1 atom stereocenters. The first-order valence-corrected chi connectivity index (χ1v) is 7.59. The molecular formula is C16H16N4O5. The van der Waals surface area contributed by atoms with Crippen molar-refractivity contribution in [3.63, 3.8) is 0 Å². The molecule has 1 aromatic carbocycles. The van der Waals surface area contributed by atoms with Crippen molar-refractivity contribution in [3.05, 3.63) is 53.9 Å². The molecule has 0 aliphatic heterocycles. The Morgan fingerprint density at radius 2 is 2.04 bits per heavy atom. The van der Waals surface area contributed by atoms with Gasteiger partial charge in [0.15, 0.2) is 17.6 Å². The maximum Gasteiger partial charge on any atom is 0.273 e. The van der Waals surface area contributed by atoms with Crippen molar-refractivity contribution in [2.45, 2.75) is 12.5 Å². The van der Waals surface area contributed by atoms with Crippen molar-refractivity contribution < 1.29 is 23.9 Å². The van der Waals surface area contributed by atoms with Gasteiger partial charge in [0.1, 0.15) is 0 Å². The number of carbonyl (C=O) groups excluding carboxylic acids is 1. The largest absolute Gasteiger partial charge is 0.422 e. The summed E-state index contributed by atoms with van der Waals surface area (Å²) >= 11 is 0. The molecular weight excluding hydrogens is 328 g/mol. The minimum absolute atomic E-state index is 0.0622. The quantitative estimate of drug-likeness (QED) is 0.571. The van der Waals surface area contributed by atoms with E-state index in [1.54, 1.807) is 6.07 Å². The third-order valence-electron chi connectivity index (χ3n) is 3.37. The number of aliphatic hydroxyl groups excluding tert-OH is 2. The van der Waals surface area contributed by atoms with Gasteiger partial charge in [0, 0.05) is 24.6 Å². The van der Waals surface area contributed by atoms with Gasteiger partial charge in [0.05, 0.1) is 6.61 Å². The van der Waals surface area contributed by atoms with Crippen LogP contribution in [0.5, 0.6) is 0 Å². The number of carbonyl (C=O) groups is 1. The Hall–Kier alpha value is -3.04. The van der Waals surface area contributed by atoms with Crippen LogP contribution in [-0.2, 0) is 6.42 Å². The highest BCUT2D eigenvalue weighted by Crippen LogP contribution is 2.19. The van der Waals surface area contributed by atoms with E-state index in [9.17, 15) is 9.90 Å². The third kappa shape index (κ3) is 4.08. The molecule has 3 aromatic rings. The molecule has 3 rings (SSSR count). The Labute approximate surface area is 142 Å². The summed E-state index contributed by atoms with van der Waals surface area (Å²) in [5.41, 5.74) is 0.996. The normalized spacial score (nSPS) is 12.1. The van der Waals surface area contributed by atoms with Gasteiger partial charge in [-0.2, -0.15) is 0 Å². The van der Waals surface area contributed by atoms with Crippen molar-refractivity contribution in [2.24, 2.45) is 0 Å². The van der Waals surface area contributed by atoms with Gasteiger partial charge >= 0.3 is 0 Å². The Morgan fingerprint density at radius 1 is 1.24 bits per heavy atom. The fourth-order valence-electron chi connectivity index (χ4n) is 2.07. The molecule has 130 valence electrons. The third-order valence-corrected chi connectivity index (χ3v) is 3.37. The van der Waals surface area contributed by atoms with Gasteiger partial charge in [-0.1, -0.05) is 35.5 Å². The van der Waals surface area contributed by atoms with Gasteiger partial charge in [0.2, 0.25) is 11.8 Å². The molecule has 0 spiro atoms. The minimum Gasteiger partial charge on any atom is -0.422 e. The van der Waals surface area contributed by atoms with Gasteiger partial charge in [-0.15, -0.1) is 10.2 Å². The molecule has 1 amide bonds. The molecule has 0 unspecified atom stereocenters. The first-order chi connectivity index (χ1) is 12.2. The lowest BCUT2D eigenvalue weighted by atomic mass is 10.1. The predicted molar refractivity (Wildman–Crippen MR) is 84.3 cm³/mol. The summed E-state index contributed by atoms with van der Waals surface area (Å²) < 4.78 is 10.3. The number of rotatable bonds is 7. The van der Waals surface area contributed by atoms with Crippen LogP contribution in [0.2, 0.25) is 0 Å². The summed E-state index contributed by atoms with van der Waals surface area (Å²) in [7, 11) is 0. The average molecular weight is 344 g/mol. The number of hydrogen-bond acceptors (Lipinski definition) is 8. The van der Waals surface area contributed by atoms with Crippen LogP contribution in [0, 0.1) is 0 Å². The number of aromatic nitrogens is 3. The molecule has 2 heterocycles. The number of aliphatic hydroxyl groups is 2. The maximum absolute atomic E-state index is 12.1. The average Bonchev–Trinajstić information content (AvgIpc) is 3.31. The van der Waals surface area contributed by atoms with E-state index < -0.39 is 12.7 Å². The number of nitrogens with zero attached hydrogens (tertiary/aromatic N) is 3. The summed E-state index contributed by atoms with van der Waals surface area (Å²) in [5.74, 6) is 0.298. The van der Waals surface area contributed by atoms with Crippen LogP contribution in [0.3, 0.4) is 0 Å². The SMILES string of the molecule is O=C(NCCc1nnc([C@H](O)CO)o1)c1cc(-c2ccccc2)on1. The summed E-state index contributed by atoms with van der Waals surface area (Å²) in [6, 6.07) is 10.9. The van der Waals surface area contributed by atoms with E-state index in [0.29, 0.717) is 5.76 Å². The second kappa shape index (κ2) is 7.69. The van der Waals surface area contributed by atoms with Crippen LogP contribution in [-0.4, -0.2) is 44.6 Å². The maximum atomic E-state index is 12.1. The zero-order valence-corrected chi connectivity index (χ0v) is 13.1. The topological polar surface area (TPSA) is 135 Å². The predicted octanol–water partition coefficient (Wildman–Crippen LogP) is 0.723. The zero-order valence-electron chi connectivity index (χ0n) is 13.1. The first-order valence-electron chi connectivity index (χ1n) is 7.59. The standard InChI is InChI=1S/C16H16N4O5/c21-9-12(22)16-19-18-14(24-16)6-7-17-15(23)11-8-13(25-20-11)10-4-2-1-3-5-10/h1-5,8,12,21-22H,6-7,9H2,(H,17,23)/t12-/m1/s1. The molecule has 0 fully saturated rings. The lowest BCUT2D eigenvalue weighted by molar-refractivity contribution is 0.0721. The fraction of sp³-hybridized carbons (Fsp3) is 0.250. The van der Waals surface area contributed by atoms with E-state index in [2.05, 4.69) is 20.7 Å². The van der Waals surface area contributed by atoms with Gasteiger partial charge in [-0.25, -0.2) is 0 Å². The number of amides is 1. The first kappa shape index (κ1) is 16.8. The van der Waals surface area contributed by atoms with E-state index in [1.165, 1.54) is 0 Å². The van der Waals surface area contributed by atoms with Crippen LogP contribution in [0.4, 0.5) is 0 Å². The Balaban J connectivity index is 1.53. The highest BCUT2D eigenvalue weighted by Gasteiger charge is 2.16. The Bertz CT molecular complexity index is 830. The van der Waals surface area contributed by atoms with Gasteiger partial charge in [0.25, 0.3) is 5.91 Å². The van der Waals surface area contributed by atoms with Crippen LogP contribution >= 0.6 is 0 Å².